The quantitative estimate of drug-likeness (QED) is 0.346. The summed E-state index contributed by atoms with van der Waals surface area (Å²) in [5, 5.41) is 14.4. The van der Waals surface area contributed by atoms with Crippen LogP contribution in [-0.4, -0.2) is 58.1 Å². The summed E-state index contributed by atoms with van der Waals surface area (Å²) in [5.41, 5.74) is 4.96. The number of ether oxygens (including phenoxy) is 1. The highest BCUT2D eigenvalue weighted by molar-refractivity contribution is 6.30. The van der Waals surface area contributed by atoms with E-state index in [4.69, 9.17) is 16.3 Å². The molecular weight excluding hydrogens is 536 g/mol. The van der Waals surface area contributed by atoms with Gasteiger partial charge < -0.3 is 25.0 Å². The van der Waals surface area contributed by atoms with Gasteiger partial charge in [-0.15, -0.1) is 0 Å². The molecule has 2 aromatic carbocycles. The van der Waals surface area contributed by atoms with Crippen molar-refractivity contribution in [2.45, 2.75) is 58.4 Å². The van der Waals surface area contributed by atoms with Gasteiger partial charge in [-0.05, 0) is 80.6 Å². The summed E-state index contributed by atoms with van der Waals surface area (Å²) in [6, 6.07) is 17.8. The van der Waals surface area contributed by atoms with Gasteiger partial charge in [0.25, 0.3) is 0 Å². The largest absolute Gasteiger partial charge is 0.487 e. The number of amides is 2. The van der Waals surface area contributed by atoms with Crippen LogP contribution in [0, 0.1) is 0 Å². The molecule has 1 unspecified atom stereocenters. The number of nitrogens with zero attached hydrogens (tertiary/aromatic N) is 3. The number of aliphatic hydroxyl groups is 1. The zero-order chi connectivity index (χ0) is 29.0. The lowest BCUT2D eigenvalue weighted by Crippen LogP contribution is -2.46. The maximum atomic E-state index is 13.0. The first-order valence-corrected chi connectivity index (χ1v) is 14.8. The lowest BCUT2D eigenvalue weighted by molar-refractivity contribution is 0.0785. The number of hydrogen-bond acceptors (Lipinski definition) is 5. The first-order chi connectivity index (χ1) is 19.7. The lowest BCUT2D eigenvalue weighted by Gasteiger charge is -2.29. The van der Waals surface area contributed by atoms with E-state index >= 15 is 0 Å². The molecule has 2 amide bonds. The van der Waals surface area contributed by atoms with Crippen molar-refractivity contribution in [1.29, 1.82) is 0 Å². The molecule has 41 heavy (non-hydrogen) atoms. The van der Waals surface area contributed by atoms with Crippen molar-refractivity contribution in [3.63, 3.8) is 0 Å². The Hall–Kier alpha value is -3.39. The van der Waals surface area contributed by atoms with E-state index < -0.39 is 5.60 Å². The highest BCUT2D eigenvalue weighted by atomic mass is 35.5. The average molecular weight is 575 g/mol. The molecule has 2 aliphatic rings. The third kappa shape index (κ3) is 6.92. The van der Waals surface area contributed by atoms with Crippen LogP contribution in [0.3, 0.4) is 0 Å². The Kier molecular flexibility index (Phi) is 8.97. The summed E-state index contributed by atoms with van der Waals surface area (Å²) >= 11 is 6.08. The summed E-state index contributed by atoms with van der Waals surface area (Å²) in [4.78, 5) is 22.0. The van der Waals surface area contributed by atoms with Crippen LogP contribution < -0.4 is 10.1 Å². The van der Waals surface area contributed by atoms with Crippen LogP contribution in [-0.2, 0) is 18.8 Å². The number of halogens is 1. The lowest BCUT2D eigenvalue weighted by atomic mass is 9.90. The summed E-state index contributed by atoms with van der Waals surface area (Å²) in [5.74, 6) is 0.795. The van der Waals surface area contributed by atoms with Crippen molar-refractivity contribution >= 4 is 23.2 Å². The number of likely N-dealkylation sites (tertiary alicyclic amines) is 1. The molecule has 0 bridgehead atoms. The SMILES string of the molecule is CCNC(=O)N(Cc1ccc(Cl)cc1)C1CCN(CC/C=C2/c3cc(C(C)(C)O)ccc3OCc3ncccc32)C1. The topological polar surface area (TPSA) is 77.9 Å². The summed E-state index contributed by atoms with van der Waals surface area (Å²) in [6.45, 7) is 9.73. The van der Waals surface area contributed by atoms with E-state index in [-0.39, 0.29) is 12.1 Å². The molecule has 1 fully saturated rings. The molecule has 2 aliphatic heterocycles. The molecule has 1 aromatic heterocycles. The van der Waals surface area contributed by atoms with Crippen LogP contribution in [0.2, 0.25) is 5.02 Å². The number of benzene rings is 2. The number of carbonyl (C=O) groups is 1. The van der Waals surface area contributed by atoms with Crippen LogP contribution >= 0.6 is 11.6 Å². The summed E-state index contributed by atoms with van der Waals surface area (Å²) in [6.07, 6.45) is 5.83. The molecule has 5 rings (SSSR count). The highest BCUT2D eigenvalue weighted by Crippen LogP contribution is 2.38. The summed E-state index contributed by atoms with van der Waals surface area (Å²) < 4.78 is 6.14. The fraction of sp³-hybridized carbons (Fsp3) is 0.394. The maximum absolute atomic E-state index is 13.0. The molecule has 1 atom stereocenters. The van der Waals surface area contributed by atoms with Gasteiger partial charge in [0, 0.05) is 61.1 Å². The normalized spacial score (nSPS) is 17.9. The molecule has 3 aromatic rings. The summed E-state index contributed by atoms with van der Waals surface area (Å²) in [7, 11) is 0. The monoisotopic (exact) mass is 574 g/mol. The van der Waals surface area contributed by atoms with Gasteiger partial charge >= 0.3 is 6.03 Å². The molecule has 1 saturated heterocycles. The Morgan fingerprint density at radius 3 is 2.78 bits per heavy atom. The second-order valence-corrected chi connectivity index (χ2v) is 11.7. The third-order valence-corrected chi connectivity index (χ3v) is 8.11. The number of rotatable bonds is 8. The molecule has 0 spiro atoms. The second-order valence-electron chi connectivity index (χ2n) is 11.3. The maximum Gasteiger partial charge on any atom is 0.317 e. The Labute approximate surface area is 247 Å². The number of aromatic nitrogens is 1. The first kappa shape index (κ1) is 29.1. The molecule has 2 N–H and O–H groups in total. The zero-order valence-corrected chi connectivity index (χ0v) is 24.8. The highest BCUT2D eigenvalue weighted by Gasteiger charge is 2.31. The van der Waals surface area contributed by atoms with Crippen LogP contribution in [0.5, 0.6) is 5.75 Å². The molecule has 0 saturated carbocycles. The molecule has 3 heterocycles. The van der Waals surface area contributed by atoms with Gasteiger partial charge in [-0.25, -0.2) is 4.79 Å². The average Bonchev–Trinajstić information content (AvgIpc) is 3.36. The minimum absolute atomic E-state index is 0.0294. The minimum atomic E-state index is -0.962. The minimum Gasteiger partial charge on any atom is -0.487 e. The van der Waals surface area contributed by atoms with Gasteiger partial charge in [0.05, 0.1) is 11.3 Å². The first-order valence-electron chi connectivity index (χ1n) is 14.4. The fourth-order valence-corrected chi connectivity index (χ4v) is 5.75. The molecule has 0 aliphatic carbocycles. The van der Waals surface area contributed by atoms with Crippen LogP contribution in [0.25, 0.3) is 5.57 Å². The number of nitrogens with one attached hydrogen (secondary N) is 1. The predicted octanol–water partition coefficient (Wildman–Crippen LogP) is 5.98. The fourth-order valence-electron chi connectivity index (χ4n) is 5.62. The standard InChI is InChI=1S/C33H39ClN4O3/c1-4-35-32(39)38(20-23-9-12-25(34)13-10-23)26-15-18-37(21-26)17-6-8-27-28-7-5-16-36-30(28)22-41-31-14-11-24(19-29(27)31)33(2,3)40/h5,7-14,16,19,26,40H,4,6,15,17-18,20-22H2,1-3H3,(H,35,39)/b27-8+. The van der Waals surface area contributed by atoms with E-state index in [9.17, 15) is 9.90 Å². The number of hydrogen-bond donors (Lipinski definition) is 2. The van der Waals surface area contributed by atoms with Gasteiger partial charge in [-0.1, -0.05) is 41.9 Å². The van der Waals surface area contributed by atoms with Crippen LogP contribution in [0.4, 0.5) is 4.79 Å². The van der Waals surface area contributed by atoms with E-state index in [0.29, 0.717) is 24.7 Å². The van der Waals surface area contributed by atoms with Crippen LogP contribution in [0.15, 0.2) is 66.9 Å². The van der Waals surface area contributed by atoms with Crippen molar-refractivity contribution in [1.82, 2.24) is 20.1 Å². The van der Waals surface area contributed by atoms with Crippen molar-refractivity contribution < 1.29 is 14.6 Å². The molecule has 7 nitrogen and oxygen atoms in total. The van der Waals surface area contributed by atoms with Gasteiger partial charge in [-0.3, -0.25) is 4.98 Å². The molecular formula is C33H39ClN4O3. The van der Waals surface area contributed by atoms with Crippen LogP contribution in [0.1, 0.15) is 61.6 Å². The number of carbonyl (C=O) groups excluding carboxylic acids is 1. The Morgan fingerprint density at radius 1 is 1.22 bits per heavy atom. The number of pyridine rings is 1. The van der Waals surface area contributed by atoms with E-state index in [1.807, 2.05) is 60.4 Å². The van der Waals surface area contributed by atoms with Gasteiger partial charge in [0.15, 0.2) is 0 Å². The molecule has 216 valence electrons. The molecule has 8 heteroatoms. The second kappa shape index (κ2) is 12.6. The Morgan fingerprint density at radius 2 is 2.02 bits per heavy atom. The van der Waals surface area contributed by atoms with E-state index in [0.717, 1.165) is 71.7 Å². The van der Waals surface area contributed by atoms with Crippen molar-refractivity contribution in [2.24, 2.45) is 0 Å². The van der Waals surface area contributed by atoms with Gasteiger partial charge in [-0.2, -0.15) is 0 Å². The predicted molar refractivity (Wildman–Crippen MR) is 163 cm³/mol. The molecule has 0 radical (unpaired) electrons. The van der Waals surface area contributed by atoms with Crippen molar-refractivity contribution in [3.05, 3.63) is 99.8 Å². The Balaban J connectivity index is 1.33. The Bertz CT molecular complexity index is 1400. The van der Waals surface area contributed by atoms with Crippen molar-refractivity contribution in [3.8, 4) is 5.75 Å². The van der Waals surface area contributed by atoms with E-state index in [1.54, 1.807) is 20.0 Å². The van der Waals surface area contributed by atoms with E-state index in [2.05, 4.69) is 27.3 Å². The van der Waals surface area contributed by atoms with Gasteiger partial charge in [0.1, 0.15) is 12.4 Å². The zero-order valence-electron chi connectivity index (χ0n) is 24.1. The number of fused-ring (bicyclic) bond motifs is 2. The van der Waals surface area contributed by atoms with Crippen molar-refractivity contribution in [2.75, 3.05) is 26.2 Å². The smallest absolute Gasteiger partial charge is 0.317 e. The van der Waals surface area contributed by atoms with Gasteiger partial charge in [0.2, 0.25) is 0 Å². The van der Waals surface area contributed by atoms with E-state index in [1.165, 1.54) is 0 Å². The number of urea groups is 1. The third-order valence-electron chi connectivity index (χ3n) is 7.86.